The Bertz CT molecular complexity index is 390. The summed E-state index contributed by atoms with van der Waals surface area (Å²) in [5.41, 5.74) is 1.26. The van der Waals surface area contributed by atoms with Crippen molar-refractivity contribution in [2.75, 3.05) is 27.2 Å². The van der Waals surface area contributed by atoms with E-state index in [1.807, 2.05) is 38.2 Å². The van der Waals surface area contributed by atoms with Crippen LogP contribution in [0.3, 0.4) is 0 Å². The summed E-state index contributed by atoms with van der Waals surface area (Å²) in [5, 5.41) is 3.21. The normalized spacial score (nSPS) is 12.0. The molecule has 1 aromatic rings. The fraction of sp³-hybridized carbons (Fsp3) is 0.533. The average molecular weight is 264 g/mol. The number of benzene rings is 1. The first-order valence-electron chi connectivity index (χ1n) is 6.69. The Morgan fingerprint density at radius 1 is 1.37 bits per heavy atom. The van der Waals surface area contributed by atoms with Crippen molar-refractivity contribution < 1.29 is 9.53 Å². The topological polar surface area (TPSA) is 41.6 Å². The van der Waals surface area contributed by atoms with Gasteiger partial charge in [-0.3, -0.25) is 4.79 Å². The molecular weight excluding hydrogens is 240 g/mol. The van der Waals surface area contributed by atoms with Crippen molar-refractivity contribution >= 4 is 5.91 Å². The Morgan fingerprint density at radius 3 is 2.53 bits per heavy atom. The number of amides is 1. The fourth-order valence-electron chi connectivity index (χ4n) is 1.61. The standard InChI is InChI=1S/C15H24N2O2/c1-5-17(4)15(18)11-19-14-8-6-13(7-9-14)10-12(2)16-3/h6-9,12,16H,5,10-11H2,1-4H3. The summed E-state index contributed by atoms with van der Waals surface area (Å²) in [6, 6.07) is 8.36. The second-order valence-corrected chi connectivity index (χ2v) is 4.73. The molecule has 106 valence electrons. The molecule has 1 rings (SSSR count). The molecule has 4 heteroatoms. The molecule has 0 aliphatic heterocycles. The molecule has 0 saturated heterocycles. The molecule has 1 aromatic carbocycles. The van der Waals surface area contributed by atoms with Gasteiger partial charge < -0.3 is 15.0 Å². The van der Waals surface area contributed by atoms with Gasteiger partial charge in [0.05, 0.1) is 0 Å². The monoisotopic (exact) mass is 264 g/mol. The summed E-state index contributed by atoms with van der Waals surface area (Å²) < 4.78 is 5.47. The van der Waals surface area contributed by atoms with Gasteiger partial charge in [-0.2, -0.15) is 0 Å². The van der Waals surface area contributed by atoms with Crippen LogP contribution in [0.25, 0.3) is 0 Å². The van der Waals surface area contributed by atoms with Gasteiger partial charge in [0.2, 0.25) is 0 Å². The van der Waals surface area contributed by atoms with Crippen LogP contribution in [-0.2, 0) is 11.2 Å². The van der Waals surface area contributed by atoms with E-state index >= 15 is 0 Å². The molecule has 0 aliphatic rings. The first-order valence-corrected chi connectivity index (χ1v) is 6.69. The van der Waals surface area contributed by atoms with Crippen molar-refractivity contribution in [3.8, 4) is 5.75 Å². The maximum atomic E-state index is 11.6. The average Bonchev–Trinajstić information content (AvgIpc) is 2.45. The van der Waals surface area contributed by atoms with Crippen LogP contribution in [0.5, 0.6) is 5.75 Å². The number of hydrogen-bond acceptors (Lipinski definition) is 3. The summed E-state index contributed by atoms with van der Waals surface area (Å²) in [6.45, 7) is 4.87. The summed E-state index contributed by atoms with van der Waals surface area (Å²) in [5.74, 6) is 0.731. The first-order chi connectivity index (χ1) is 9.06. The molecule has 0 radical (unpaired) electrons. The predicted molar refractivity (Wildman–Crippen MR) is 77.5 cm³/mol. The lowest BCUT2D eigenvalue weighted by Crippen LogP contribution is -2.31. The zero-order chi connectivity index (χ0) is 14.3. The summed E-state index contributed by atoms with van der Waals surface area (Å²) in [4.78, 5) is 13.2. The highest BCUT2D eigenvalue weighted by molar-refractivity contribution is 5.77. The number of carbonyl (C=O) groups excluding carboxylic acids is 1. The molecule has 0 saturated carbocycles. The molecule has 0 heterocycles. The quantitative estimate of drug-likeness (QED) is 0.815. The van der Waals surface area contributed by atoms with Crippen molar-refractivity contribution in [2.24, 2.45) is 0 Å². The smallest absolute Gasteiger partial charge is 0.260 e. The van der Waals surface area contributed by atoms with E-state index in [2.05, 4.69) is 12.2 Å². The van der Waals surface area contributed by atoms with E-state index < -0.39 is 0 Å². The molecule has 1 unspecified atom stereocenters. The second-order valence-electron chi connectivity index (χ2n) is 4.73. The van der Waals surface area contributed by atoms with Crippen molar-refractivity contribution in [1.29, 1.82) is 0 Å². The Hall–Kier alpha value is -1.55. The van der Waals surface area contributed by atoms with Gasteiger partial charge in [-0.15, -0.1) is 0 Å². The summed E-state index contributed by atoms with van der Waals surface area (Å²) in [6.07, 6.45) is 0.980. The number of hydrogen-bond donors (Lipinski definition) is 1. The molecule has 0 aromatic heterocycles. The highest BCUT2D eigenvalue weighted by Gasteiger charge is 2.07. The maximum absolute atomic E-state index is 11.6. The lowest BCUT2D eigenvalue weighted by atomic mass is 10.1. The van der Waals surface area contributed by atoms with Crippen LogP contribution < -0.4 is 10.1 Å². The van der Waals surface area contributed by atoms with Gasteiger partial charge in [-0.25, -0.2) is 0 Å². The Kier molecular flexibility index (Phi) is 6.36. The van der Waals surface area contributed by atoms with Crippen LogP contribution in [0, 0.1) is 0 Å². The number of rotatable bonds is 7. The van der Waals surface area contributed by atoms with E-state index in [-0.39, 0.29) is 12.5 Å². The SMILES string of the molecule is CCN(C)C(=O)COc1ccc(CC(C)NC)cc1. The minimum Gasteiger partial charge on any atom is -0.484 e. The lowest BCUT2D eigenvalue weighted by Gasteiger charge is -2.15. The van der Waals surface area contributed by atoms with Gasteiger partial charge in [0.25, 0.3) is 5.91 Å². The van der Waals surface area contributed by atoms with Gasteiger partial charge in [0.1, 0.15) is 5.75 Å². The van der Waals surface area contributed by atoms with Crippen LogP contribution in [0.15, 0.2) is 24.3 Å². The molecule has 1 atom stereocenters. The lowest BCUT2D eigenvalue weighted by molar-refractivity contribution is -0.131. The van der Waals surface area contributed by atoms with Crippen molar-refractivity contribution in [1.82, 2.24) is 10.2 Å². The van der Waals surface area contributed by atoms with Crippen molar-refractivity contribution in [2.45, 2.75) is 26.3 Å². The van der Waals surface area contributed by atoms with E-state index in [0.29, 0.717) is 12.6 Å². The van der Waals surface area contributed by atoms with Crippen LogP contribution in [0.2, 0.25) is 0 Å². The number of nitrogens with one attached hydrogen (secondary N) is 1. The Labute approximate surface area is 115 Å². The van der Waals surface area contributed by atoms with Crippen LogP contribution in [-0.4, -0.2) is 44.1 Å². The fourth-order valence-corrected chi connectivity index (χ4v) is 1.61. The zero-order valence-corrected chi connectivity index (χ0v) is 12.3. The van der Waals surface area contributed by atoms with E-state index in [1.54, 1.807) is 11.9 Å². The van der Waals surface area contributed by atoms with Crippen LogP contribution >= 0.6 is 0 Å². The zero-order valence-electron chi connectivity index (χ0n) is 12.3. The molecule has 1 N–H and O–H groups in total. The van der Waals surface area contributed by atoms with Gasteiger partial charge in [0.15, 0.2) is 6.61 Å². The van der Waals surface area contributed by atoms with E-state index in [9.17, 15) is 4.79 Å². The van der Waals surface area contributed by atoms with Crippen LogP contribution in [0.4, 0.5) is 0 Å². The third-order valence-electron chi connectivity index (χ3n) is 3.22. The molecule has 1 amide bonds. The summed E-state index contributed by atoms with van der Waals surface area (Å²) >= 11 is 0. The highest BCUT2D eigenvalue weighted by Crippen LogP contribution is 2.13. The molecule has 4 nitrogen and oxygen atoms in total. The first kappa shape index (κ1) is 15.5. The number of ether oxygens (including phenoxy) is 1. The number of likely N-dealkylation sites (N-methyl/N-ethyl adjacent to an activating group) is 2. The number of carbonyl (C=O) groups is 1. The maximum Gasteiger partial charge on any atom is 0.260 e. The highest BCUT2D eigenvalue weighted by atomic mass is 16.5. The largest absolute Gasteiger partial charge is 0.484 e. The molecular formula is C15H24N2O2. The minimum absolute atomic E-state index is 0.00428. The Balaban J connectivity index is 2.46. The predicted octanol–water partition coefficient (Wildman–Crippen LogP) is 1.69. The molecule has 0 aliphatic carbocycles. The summed E-state index contributed by atoms with van der Waals surface area (Å²) in [7, 11) is 3.73. The van der Waals surface area contributed by atoms with Gasteiger partial charge in [-0.05, 0) is 45.0 Å². The number of nitrogens with zero attached hydrogens (tertiary/aromatic N) is 1. The second kappa shape index (κ2) is 7.79. The van der Waals surface area contributed by atoms with Gasteiger partial charge in [0, 0.05) is 19.6 Å². The van der Waals surface area contributed by atoms with E-state index in [4.69, 9.17) is 4.74 Å². The van der Waals surface area contributed by atoms with Crippen molar-refractivity contribution in [3.05, 3.63) is 29.8 Å². The third kappa shape index (κ3) is 5.30. The van der Waals surface area contributed by atoms with E-state index in [1.165, 1.54) is 5.56 Å². The third-order valence-corrected chi connectivity index (χ3v) is 3.22. The van der Waals surface area contributed by atoms with Gasteiger partial charge >= 0.3 is 0 Å². The minimum atomic E-state index is -0.00428. The van der Waals surface area contributed by atoms with Crippen LogP contribution in [0.1, 0.15) is 19.4 Å². The van der Waals surface area contributed by atoms with Gasteiger partial charge in [-0.1, -0.05) is 12.1 Å². The Morgan fingerprint density at radius 2 is 2.00 bits per heavy atom. The molecule has 0 spiro atoms. The van der Waals surface area contributed by atoms with Crippen molar-refractivity contribution in [3.63, 3.8) is 0 Å². The van der Waals surface area contributed by atoms with E-state index in [0.717, 1.165) is 12.2 Å². The molecule has 0 fully saturated rings. The molecule has 19 heavy (non-hydrogen) atoms. The molecule has 0 bridgehead atoms.